The minimum absolute atomic E-state index is 0.101. The summed E-state index contributed by atoms with van der Waals surface area (Å²) >= 11 is 0. The van der Waals surface area contributed by atoms with Crippen LogP contribution < -0.4 is 5.32 Å². The topological polar surface area (TPSA) is 47.9 Å². The fraction of sp³-hybridized carbons (Fsp3) is 0.714. The average molecular weight is 451 g/mol. The first-order chi connectivity index (χ1) is 16.2. The van der Waals surface area contributed by atoms with Crippen LogP contribution in [0.4, 0.5) is 4.79 Å². The summed E-state index contributed by atoms with van der Waals surface area (Å²) in [6.07, 6.45) is 16.9. The van der Waals surface area contributed by atoms with Gasteiger partial charge in [-0.25, -0.2) is 4.79 Å². The minimum atomic E-state index is -0.208. The fourth-order valence-electron chi connectivity index (χ4n) is 6.50. The van der Waals surface area contributed by atoms with Crippen LogP contribution in [0.2, 0.25) is 0 Å². The third-order valence-electron chi connectivity index (χ3n) is 8.49. The van der Waals surface area contributed by atoms with Crippen molar-refractivity contribution in [1.82, 2.24) is 15.1 Å². The lowest BCUT2D eigenvalue weighted by Gasteiger charge is -2.44. The molecule has 0 radical (unpaired) electrons. The zero-order valence-electron chi connectivity index (χ0n) is 20.4. The van der Waals surface area contributed by atoms with Gasteiger partial charge in [-0.05, 0) is 56.1 Å². The van der Waals surface area contributed by atoms with Crippen LogP contribution >= 0.6 is 0 Å². The highest BCUT2D eigenvalue weighted by molar-refractivity contribution is 6.10. The van der Waals surface area contributed by atoms with Crippen LogP contribution in [0.5, 0.6) is 0 Å². The van der Waals surface area contributed by atoms with Crippen LogP contribution in [0, 0.1) is 0 Å². The van der Waals surface area contributed by atoms with Gasteiger partial charge in [-0.1, -0.05) is 69.2 Å². The van der Waals surface area contributed by atoms with Crippen molar-refractivity contribution in [2.45, 2.75) is 108 Å². The van der Waals surface area contributed by atoms with Gasteiger partial charge in [0, 0.05) is 26.2 Å². The van der Waals surface area contributed by atoms with Crippen LogP contribution in [0.3, 0.4) is 0 Å². The van der Waals surface area contributed by atoms with E-state index >= 15 is 0 Å². The summed E-state index contributed by atoms with van der Waals surface area (Å²) in [6, 6.07) is 9.73. The summed E-state index contributed by atoms with van der Waals surface area (Å²) in [7, 11) is 0. The predicted octanol–water partition coefficient (Wildman–Crippen LogP) is 5.67. The molecule has 0 unspecified atom stereocenters. The van der Waals surface area contributed by atoms with Crippen LogP contribution in [0.1, 0.15) is 94.6 Å². The van der Waals surface area contributed by atoms with Crippen molar-refractivity contribution in [3.63, 3.8) is 0 Å². The molecule has 4 aliphatic heterocycles. The molecule has 1 aromatic carbocycles. The first-order valence-electron chi connectivity index (χ1n) is 13.7. The minimum Gasteiger partial charge on any atom is -0.312 e. The Morgan fingerprint density at radius 1 is 0.848 bits per heavy atom. The number of fused-ring (bicyclic) bond motifs is 9. The molecule has 3 fully saturated rings. The van der Waals surface area contributed by atoms with Gasteiger partial charge in [0.05, 0.1) is 6.04 Å². The highest BCUT2D eigenvalue weighted by Gasteiger charge is 2.52. The van der Waals surface area contributed by atoms with E-state index in [0.717, 1.165) is 51.3 Å². The molecule has 0 aromatic heterocycles. The van der Waals surface area contributed by atoms with Gasteiger partial charge in [0.15, 0.2) is 0 Å². The Balaban J connectivity index is 1.37. The first kappa shape index (κ1) is 22.9. The third-order valence-corrected chi connectivity index (χ3v) is 8.49. The van der Waals surface area contributed by atoms with Crippen LogP contribution in [-0.4, -0.2) is 52.9 Å². The van der Waals surface area contributed by atoms with E-state index in [9.17, 15) is 4.79 Å². The Bertz CT molecular complexity index is 836. The summed E-state index contributed by atoms with van der Waals surface area (Å²) in [4.78, 5) is 23.2. The fourth-order valence-corrected chi connectivity index (χ4v) is 6.50. The summed E-state index contributed by atoms with van der Waals surface area (Å²) in [5.74, 6) is 0.999. The molecule has 1 saturated carbocycles. The van der Waals surface area contributed by atoms with Crippen molar-refractivity contribution in [3.8, 4) is 0 Å². The largest absolute Gasteiger partial charge is 0.323 e. The van der Waals surface area contributed by atoms with E-state index in [2.05, 4.69) is 39.4 Å². The molecule has 33 heavy (non-hydrogen) atoms. The zero-order valence-corrected chi connectivity index (χ0v) is 20.4. The maximum absolute atomic E-state index is 13.2. The second kappa shape index (κ2) is 10.6. The molecule has 0 atom stereocenters. The Hall–Kier alpha value is -1.88. The number of amidine groups is 1. The lowest BCUT2D eigenvalue weighted by atomic mass is 9.84. The maximum Gasteiger partial charge on any atom is 0.323 e. The molecule has 5 nitrogen and oxygen atoms in total. The van der Waals surface area contributed by atoms with Crippen LogP contribution in [0.15, 0.2) is 29.3 Å². The van der Waals surface area contributed by atoms with Gasteiger partial charge in [-0.15, -0.1) is 0 Å². The van der Waals surface area contributed by atoms with Crippen molar-refractivity contribution < 1.29 is 4.79 Å². The van der Waals surface area contributed by atoms with Crippen molar-refractivity contribution in [2.75, 3.05) is 19.6 Å². The Morgan fingerprint density at radius 3 is 2.36 bits per heavy atom. The summed E-state index contributed by atoms with van der Waals surface area (Å²) in [5, 5.41) is 3.26. The maximum atomic E-state index is 13.2. The third kappa shape index (κ3) is 5.29. The number of benzene rings is 1. The molecule has 5 aliphatic rings. The molecule has 5 heteroatoms. The first-order valence-corrected chi connectivity index (χ1v) is 13.7. The van der Waals surface area contributed by atoms with Crippen molar-refractivity contribution in [1.29, 1.82) is 0 Å². The standard InChI is InChI=1S/C28H42N4O/c33-27-30-26(29-25-14-7-5-8-15-25)28-16-19-31(20-17-28)22-24-13-10-12-23(21-24)11-6-3-1-2-4-9-18-32(27)28/h10,12-13,21,25H,1-9,11,14-20,22H2,(H,29,30,33). The van der Waals surface area contributed by atoms with Gasteiger partial charge in [-0.2, -0.15) is 0 Å². The number of rotatable bonds is 1. The molecule has 2 saturated heterocycles. The number of hydrogen-bond donors (Lipinski definition) is 1. The summed E-state index contributed by atoms with van der Waals surface area (Å²) in [5.41, 5.74) is 2.71. The molecule has 4 bridgehead atoms. The van der Waals surface area contributed by atoms with E-state index in [1.165, 1.54) is 81.8 Å². The lowest BCUT2D eigenvalue weighted by molar-refractivity contribution is 0.0983. The van der Waals surface area contributed by atoms with Gasteiger partial charge >= 0.3 is 6.03 Å². The smallest absolute Gasteiger partial charge is 0.312 e. The molecular formula is C28H42N4O. The monoisotopic (exact) mass is 450 g/mol. The zero-order chi connectivity index (χ0) is 22.5. The molecule has 6 rings (SSSR count). The Kier molecular flexibility index (Phi) is 7.34. The molecule has 1 spiro atoms. The van der Waals surface area contributed by atoms with E-state index in [4.69, 9.17) is 4.99 Å². The van der Waals surface area contributed by atoms with Gasteiger partial charge in [0.25, 0.3) is 0 Å². The highest BCUT2D eigenvalue weighted by atomic mass is 16.2. The number of piperidine rings is 1. The summed E-state index contributed by atoms with van der Waals surface area (Å²) in [6.45, 7) is 3.94. The van der Waals surface area contributed by atoms with E-state index in [1.54, 1.807) is 0 Å². The van der Waals surface area contributed by atoms with Gasteiger partial charge < -0.3 is 4.90 Å². The van der Waals surface area contributed by atoms with Gasteiger partial charge in [0.1, 0.15) is 11.4 Å². The number of nitrogens with zero attached hydrogens (tertiary/aromatic N) is 3. The Morgan fingerprint density at radius 2 is 1.55 bits per heavy atom. The predicted molar refractivity (Wildman–Crippen MR) is 135 cm³/mol. The number of carbonyl (C=O) groups is 1. The lowest BCUT2D eigenvalue weighted by Crippen LogP contribution is -2.56. The number of amides is 2. The van der Waals surface area contributed by atoms with E-state index < -0.39 is 0 Å². The normalized spacial score (nSPS) is 31.3. The SMILES string of the molecule is O=C1NC(=NC2CCCCC2)C23CCN(CC2)Cc2cccc(c2)CCCCCCCCN13. The molecular weight excluding hydrogens is 408 g/mol. The number of hydrogen-bond acceptors (Lipinski definition) is 3. The van der Waals surface area contributed by atoms with E-state index in [0.29, 0.717) is 6.04 Å². The number of urea groups is 1. The number of aliphatic imine (C=N–C) groups is 1. The van der Waals surface area contributed by atoms with Crippen molar-refractivity contribution in [2.24, 2.45) is 4.99 Å². The molecule has 1 aromatic rings. The van der Waals surface area contributed by atoms with Crippen LogP contribution in [-0.2, 0) is 13.0 Å². The highest BCUT2D eigenvalue weighted by Crippen LogP contribution is 2.36. The van der Waals surface area contributed by atoms with E-state index in [-0.39, 0.29) is 11.6 Å². The number of aryl methyl sites for hydroxylation is 1. The van der Waals surface area contributed by atoms with Gasteiger partial charge in [0.2, 0.25) is 0 Å². The van der Waals surface area contributed by atoms with Gasteiger partial charge in [-0.3, -0.25) is 15.2 Å². The number of carbonyl (C=O) groups excluding carboxylic acids is 1. The molecule has 4 heterocycles. The second-order valence-electron chi connectivity index (χ2n) is 10.9. The average Bonchev–Trinajstić information content (AvgIpc) is 3.07. The second-order valence-corrected chi connectivity index (χ2v) is 10.9. The molecule has 180 valence electrons. The van der Waals surface area contributed by atoms with Crippen molar-refractivity contribution in [3.05, 3.63) is 35.4 Å². The summed E-state index contributed by atoms with van der Waals surface area (Å²) < 4.78 is 0. The molecule has 1 aliphatic carbocycles. The van der Waals surface area contributed by atoms with E-state index in [1.807, 2.05) is 0 Å². The Labute approximate surface area is 200 Å². The van der Waals surface area contributed by atoms with Crippen LogP contribution in [0.25, 0.3) is 0 Å². The molecule has 1 N–H and O–H groups in total. The molecule has 2 amide bonds. The number of nitrogens with one attached hydrogen (secondary N) is 1. The quantitative estimate of drug-likeness (QED) is 0.599. The van der Waals surface area contributed by atoms with Crippen molar-refractivity contribution >= 4 is 11.9 Å².